The van der Waals surface area contributed by atoms with Gasteiger partial charge in [0.2, 0.25) is 0 Å². The molecule has 1 fully saturated rings. The van der Waals surface area contributed by atoms with Gasteiger partial charge in [-0.15, -0.1) is 0 Å². The van der Waals surface area contributed by atoms with E-state index in [-0.39, 0.29) is 12.5 Å². The molecule has 0 bridgehead atoms. The SMILES string of the molecule is CC(C)c1ncc(N2CCCC(N(C)C)C2)c(CO)n1. The van der Waals surface area contributed by atoms with E-state index < -0.39 is 0 Å². The van der Waals surface area contributed by atoms with E-state index in [2.05, 4.69) is 47.7 Å². The minimum Gasteiger partial charge on any atom is -0.390 e. The number of hydrogen-bond acceptors (Lipinski definition) is 5. The number of aromatic nitrogens is 2. The number of aliphatic hydroxyl groups is 1. The molecule has 1 aromatic rings. The molecule has 2 heterocycles. The third-order valence-electron chi connectivity index (χ3n) is 4.00. The lowest BCUT2D eigenvalue weighted by Crippen LogP contribution is -2.45. The zero-order valence-corrected chi connectivity index (χ0v) is 13.0. The molecule has 2 rings (SSSR count). The van der Waals surface area contributed by atoms with Gasteiger partial charge in [-0.25, -0.2) is 9.97 Å². The van der Waals surface area contributed by atoms with Crippen LogP contribution in [0.2, 0.25) is 0 Å². The number of aliphatic hydroxyl groups excluding tert-OH is 1. The summed E-state index contributed by atoms with van der Waals surface area (Å²) in [6.45, 7) is 6.10. The molecule has 1 unspecified atom stereocenters. The minimum absolute atomic E-state index is 0.0271. The number of nitrogens with zero attached hydrogens (tertiary/aromatic N) is 4. The average molecular weight is 278 g/mol. The smallest absolute Gasteiger partial charge is 0.131 e. The molecule has 20 heavy (non-hydrogen) atoms. The molecule has 0 spiro atoms. The third-order valence-corrected chi connectivity index (χ3v) is 4.00. The summed E-state index contributed by atoms with van der Waals surface area (Å²) in [4.78, 5) is 13.6. The maximum Gasteiger partial charge on any atom is 0.131 e. The lowest BCUT2D eigenvalue weighted by Gasteiger charge is -2.37. The summed E-state index contributed by atoms with van der Waals surface area (Å²) in [5.41, 5.74) is 1.74. The maximum atomic E-state index is 9.60. The lowest BCUT2D eigenvalue weighted by molar-refractivity contribution is 0.255. The van der Waals surface area contributed by atoms with Gasteiger partial charge < -0.3 is 14.9 Å². The van der Waals surface area contributed by atoms with Crippen molar-refractivity contribution in [2.24, 2.45) is 0 Å². The van der Waals surface area contributed by atoms with Crippen molar-refractivity contribution >= 4 is 5.69 Å². The molecule has 0 amide bonds. The van der Waals surface area contributed by atoms with Crippen LogP contribution in [0.4, 0.5) is 5.69 Å². The lowest BCUT2D eigenvalue weighted by atomic mass is 10.0. The molecule has 5 nitrogen and oxygen atoms in total. The molecule has 1 N–H and O–H groups in total. The zero-order valence-electron chi connectivity index (χ0n) is 13.0. The Bertz CT molecular complexity index is 447. The van der Waals surface area contributed by atoms with E-state index in [1.54, 1.807) is 0 Å². The van der Waals surface area contributed by atoms with Gasteiger partial charge in [-0.1, -0.05) is 13.8 Å². The first-order valence-electron chi connectivity index (χ1n) is 7.41. The zero-order chi connectivity index (χ0) is 14.7. The van der Waals surface area contributed by atoms with Crippen LogP contribution >= 0.6 is 0 Å². The summed E-state index contributed by atoms with van der Waals surface area (Å²) < 4.78 is 0. The summed E-state index contributed by atoms with van der Waals surface area (Å²) in [7, 11) is 4.25. The van der Waals surface area contributed by atoms with Crippen molar-refractivity contribution in [3.63, 3.8) is 0 Å². The Morgan fingerprint density at radius 1 is 1.45 bits per heavy atom. The van der Waals surface area contributed by atoms with Gasteiger partial charge in [-0.2, -0.15) is 0 Å². The van der Waals surface area contributed by atoms with Crippen LogP contribution in [0.15, 0.2) is 6.20 Å². The molecular formula is C15H26N4O. The fraction of sp³-hybridized carbons (Fsp3) is 0.733. The van der Waals surface area contributed by atoms with Crippen LogP contribution in [-0.4, -0.2) is 53.2 Å². The predicted octanol–water partition coefficient (Wildman–Crippen LogP) is 1.62. The molecule has 1 atom stereocenters. The molecule has 112 valence electrons. The monoisotopic (exact) mass is 278 g/mol. The Morgan fingerprint density at radius 3 is 2.80 bits per heavy atom. The fourth-order valence-corrected chi connectivity index (χ4v) is 2.68. The number of likely N-dealkylation sites (N-methyl/N-ethyl adjacent to an activating group) is 1. The normalized spacial score (nSPS) is 19.9. The largest absolute Gasteiger partial charge is 0.390 e. The Kier molecular flexibility index (Phi) is 4.94. The number of anilines is 1. The van der Waals surface area contributed by atoms with Gasteiger partial charge in [0.1, 0.15) is 5.82 Å². The van der Waals surface area contributed by atoms with Crippen LogP contribution in [0.1, 0.15) is 44.1 Å². The van der Waals surface area contributed by atoms with Crippen molar-refractivity contribution in [1.82, 2.24) is 14.9 Å². The Balaban J connectivity index is 2.23. The highest BCUT2D eigenvalue weighted by Gasteiger charge is 2.24. The second-order valence-corrected chi connectivity index (χ2v) is 6.08. The molecule has 0 aliphatic carbocycles. The number of piperidine rings is 1. The Labute approximate surface area is 121 Å². The van der Waals surface area contributed by atoms with Crippen LogP contribution in [0.25, 0.3) is 0 Å². The fourth-order valence-electron chi connectivity index (χ4n) is 2.68. The molecule has 1 aliphatic rings. The first kappa shape index (κ1) is 15.2. The minimum atomic E-state index is -0.0271. The Hall–Kier alpha value is -1.20. The predicted molar refractivity (Wildman–Crippen MR) is 81.0 cm³/mol. The van der Waals surface area contributed by atoms with Crippen molar-refractivity contribution in [2.75, 3.05) is 32.1 Å². The van der Waals surface area contributed by atoms with Crippen molar-refractivity contribution < 1.29 is 5.11 Å². The molecule has 1 saturated heterocycles. The topological polar surface area (TPSA) is 52.5 Å². The summed E-state index contributed by atoms with van der Waals surface area (Å²) in [6.07, 6.45) is 4.27. The summed E-state index contributed by atoms with van der Waals surface area (Å²) >= 11 is 0. The van der Waals surface area contributed by atoms with E-state index in [9.17, 15) is 5.11 Å². The van der Waals surface area contributed by atoms with Crippen molar-refractivity contribution in [3.8, 4) is 0 Å². The second-order valence-electron chi connectivity index (χ2n) is 6.08. The second kappa shape index (κ2) is 6.50. The Morgan fingerprint density at radius 2 is 2.20 bits per heavy atom. The molecule has 0 aromatic carbocycles. The summed E-state index contributed by atoms with van der Waals surface area (Å²) in [5.74, 6) is 1.09. The third kappa shape index (κ3) is 3.27. The van der Waals surface area contributed by atoms with Gasteiger partial charge >= 0.3 is 0 Å². The number of rotatable bonds is 4. The molecule has 0 radical (unpaired) electrons. The molecule has 5 heteroatoms. The molecule has 0 saturated carbocycles. The molecule has 1 aliphatic heterocycles. The van der Waals surface area contributed by atoms with Crippen LogP contribution in [0, 0.1) is 0 Å². The van der Waals surface area contributed by atoms with Crippen molar-refractivity contribution in [2.45, 2.75) is 45.3 Å². The van der Waals surface area contributed by atoms with Crippen LogP contribution in [-0.2, 0) is 6.61 Å². The quantitative estimate of drug-likeness (QED) is 0.907. The van der Waals surface area contributed by atoms with E-state index in [0.29, 0.717) is 6.04 Å². The van der Waals surface area contributed by atoms with Gasteiger partial charge in [0.15, 0.2) is 0 Å². The standard InChI is InChI=1S/C15H26N4O/c1-11(2)15-16-8-14(13(10-20)17-15)19-7-5-6-12(9-19)18(3)4/h8,11-12,20H,5-7,9-10H2,1-4H3. The summed E-state index contributed by atoms with van der Waals surface area (Å²) in [5, 5.41) is 9.60. The maximum absolute atomic E-state index is 9.60. The van der Waals surface area contributed by atoms with Crippen molar-refractivity contribution in [1.29, 1.82) is 0 Å². The van der Waals surface area contributed by atoms with Crippen molar-refractivity contribution in [3.05, 3.63) is 17.7 Å². The van der Waals surface area contributed by atoms with Crippen LogP contribution in [0.3, 0.4) is 0 Å². The highest BCUT2D eigenvalue weighted by Crippen LogP contribution is 2.25. The first-order valence-corrected chi connectivity index (χ1v) is 7.41. The highest BCUT2D eigenvalue weighted by atomic mass is 16.3. The van der Waals surface area contributed by atoms with Crippen LogP contribution < -0.4 is 4.90 Å². The van der Waals surface area contributed by atoms with E-state index in [1.807, 2.05) is 6.20 Å². The van der Waals surface area contributed by atoms with E-state index in [0.717, 1.165) is 30.3 Å². The summed E-state index contributed by atoms with van der Waals surface area (Å²) in [6, 6.07) is 0.556. The van der Waals surface area contributed by atoms with Gasteiger partial charge in [-0.3, -0.25) is 0 Å². The van der Waals surface area contributed by atoms with E-state index >= 15 is 0 Å². The first-order chi connectivity index (χ1) is 9.52. The van der Waals surface area contributed by atoms with E-state index in [1.165, 1.54) is 12.8 Å². The van der Waals surface area contributed by atoms with Gasteiger partial charge in [0.05, 0.1) is 24.2 Å². The highest BCUT2D eigenvalue weighted by molar-refractivity contribution is 5.49. The average Bonchev–Trinajstić information content (AvgIpc) is 2.46. The molecular weight excluding hydrogens is 252 g/mol. The van der Waals surface area contributed by atoms with Crippen LogP contribution in [0.5, 0.6) is 0 Å². The van der Waals surface area contributed by atoms with Gasteiger partial charge in [0.25, 0.3) is 0 Å². The van der Waals surface area contributed by atoms with Gasteiger partial charge in [0, 0.05) is 25.0 Å². The van der Waals surface area contributed by atoms with Gasteiger partial charge in [-0.05, 0) is 26.9 Å². The van der Waals surface area contributed by atoms with E-state index in [4.69, 9.17) is 0 Å². The molecule has 1 aromatic heterocycles. The number of hydrogen-bond donors (Lipinski definition) is 1.